The van der Waals surface area contributed by atoms with Crippen molar-refractivity contribution >= 4 is 0 Å². The van der Waals surface area contributed by atoms with Crippen LogP contribution in [0.3, 0.4) is 0 Å². The third-order valence-electron chi connectivity index (χ3n) is 6.76. The Kier molecular flexibility index (Phi) is 12.2. The van der Waals surface area contributed by atoms with E-state index in [1.807, 2.05) is 33.3 Å². The van der Waals surface area contributed by atoms with Gasteiger partial charge < -0.3 is 4.74 Å². The molecule has 3 rings (SSSR count). The van der Waals surface area contributed by atoms with E-state index in [9.17, 15) is 0 Å². The van der Waals surface area contributed by atoms with Crippen molar-refractivity contribution in [1.29, 1.82) is 0 Å². The van der Waals surface area contributed by atoms with Crippen molar-refractivity contribution in [2.45, 2.75) is 126 Å². The Bertz CT molecular complexity index is 480. The fraction of sp³-hybridized carbons (Fsp3) is 0.852. The smallest absolute Gasteiger partial charge is 0.100 e. The van der Waals surface area contributed by atoms with E-state index < -0.39 is 0 Å². The lowest BCUT2D eigenvalue weighted by Gasteiger charge is -2.37. The zero-order valence-electron chi connectivity index (χ0n) is 20.3. The van der Waals surface area contributed by atoms with Crippen LogP contribution in [0.1, 0.15) is 126 Å². The predicted molar refractivity (Wildman–Crippen MR) is 126 cm³/mol. The first-order valence-corrected chi connectivity index (χ1v) is 12.8. The quantitative estimate of drug-likeness (QED) is 0.338. The van der Waals surface area contributed by atoms with Gasteiger partial charge in [0.05, 0.1) is 6.61 Å². The lowest BCUT2D eigenvalue weighted by atomic mass is 9.68. The van der Waals surface area contributed by atoms with Crippen molar-refractivity contribution in [3.05, 3.63) is 23.0 Å². The van der Waals surface area contributed by atoms with Gasteiger partial charge in [-0.2, -0.15) is 0 Å². The molecule has 1 saturated carbocycles. The van der Waals surface area contributed by atoms with Crippen molar-refractivity contribution in [2.24, 2.45) is 17.3 Å². The van der Waals surface area contributed by atoms with Gasteiger partial charge in [0.15, 0.2) is 0 Å². The Hall–Kier alpha value is -0.720. The second-order valence-corrected chi connectivity index (χ2v) is 8.38. The van der Waals surface area contributed by atoms with Gasteiger partial charge in [0.1, 0.15) is 5.76 Å². The lowest BCUT2D eigenvalue weighted by Crippen LogP contribution is -2.27. The summed E-state index contributed by atoms with van der Waals surface area (Å²) < 4.78 is 6.35. The Balaban J connectivity index is 0.000000921. The van der Waals surface area contributed by atoms with Crippen molar-refractivity contribution in [2.75, 3.05) is 6.61 Å². The van der Waals surface area contributed by atoms with E-state index in [-0.39, 0.29) is 0 Å². The van der Waals surface area contributed by atoms with Gasteiger partial charge in [0, 0.05) is 11.3 Å². The molecule has 2 unspecified atom stereocenters. The van der Waals surface area contributed by atoms with Crippen molar-refractivity contribution in [3.8, 4) is 0 Å². The predicted octanol–water partition coefficient (Wildman–Crippen LogP) is 9.24. The SMILES string of the molecule is CC.CC.CCCCCOC1=CC2=C(CCCC2)C2(C(CCC)CCC)CC12. The van der Waals surface area contributed by atoms with Gasteiger partial charge in [-0.1, -0.05) is 79.7 Å². The van der Waals surface area contributed by atoms with Crippen LogP contribution in [-0.4, -0.2) is 6.61 Å². The molecule has 0 aromatic heterocycles. The Morgan fingerprint density at radius 2 is 1.57 bits per heavy atom. The molecule has 0 radical (unpaired) electrons. The van der Waals surface area contributed by atoms with Gasteiger partial charge in [-0.05, 0) is 68.9 Å². The normalized spacial score (nSPS) is 24.9. The average Bonchev–Trinajstić information content (AvgIpc) is 3.51. The first-order chi connectivity index (χ1) is 13.8. The summed E-state index contributed by atoms with van der Waals surface area (Å²) in [6.45, 7) is 15.9. The summed E-state index contributed by atoms with van der Waals surface area (Å²) in [5, 5.41) is 0. The maximum atomic E-state index is 6.35. The lowest BCUT2D eigenvalue weighted by molar-refractivity contribution is 0.168. The van der Waals surface area contributed by atoms with Crippen LogP contribution in [0.4, 0.5) is 0 Å². The number of rotatable bonds is 10. The zero-order valence-corrected chi connectivity index (χ0v) is 20.3. The molecule has 2 atom stereocenters. The van der Waals surface area contributed by atoms with E-state index in [0.717, 1.165) is 18.4 Å². The maximum Gasteiger partial charge on any atom is 0.100 e. The Morgan fingerprint density at radius 3 is 2.18 bits per heavy atom. The standard InChI is InChI=1S/C23H38O.2C2H6/c1-4-7-10-15-24-22-16-18-13-8-9-14-20(18)23(17-21(22)23)19(11-5-2)12-6-3;2*1-2/h16,19,21H,4-15,17H2,1-3H3;2*1-2H3. The highest BCUT2D eigenvalue weighted by Crippen LogP contribution is 2.71. The van der Waals surface area contributed by atoms with E-state index in [1.54, 1.807) is 5.57 Å². The minimum Gasteiger partial charge on any atom is -0.498 e. The molecule has 1 nitrogen and oxygen atoms in total. The molecule has 1 fully saturated rings. The molecule has 0 N–H and O–H groups in total. The van der Waals surface area contributed by atoms with Gasteiger partial charge >= 0.3 is 0 Å². The minimum atomic E-state index is 0.511. The van der Waals surface area contributed by atoms with Crippen LogP contribution in [0.25, 0.3) is 0 Å². The minimum absolute atomic E-state index is 0.511. The van der Waals surface area contributed by atoms with Gasteiger partial charge in [-0.25, -0.2) is 0 Å². The average molecular weight is 391 g/mol. The van der Waals surface area contributed by atoms with Crippen LogP contribution in [0.2, 0.25) is 0 Å². The highest BCUT2D eigenvalue weighted by atomic mass is 16.5. The first kappa shape index (κ1) is 25.3. The molecule has 0 heterocycles. The highest BCUT2D eigenvalue weighted by molar-refractivity contribution is 5.47. The number of hydrogen-bond donors (Lipinski definition) is 0. The zero-order chi connectivity index (χ0) is 21.0. The third-order valence-corrected chi connectivity index (χ3v) is 6.76. The maximum absolute atomic E-state index is 6.35. The van der Waals surface area contributed by atoms with Crippen LogP contribution < -0.4 is 0 Å². The molecule has 0 aromatic rings. The topological polar surface area (TPSA) is 9.23 Å². The second-order valence-electron chi connectivity index (χ2n) is 8.38. The van der Waals surface area contributed by atoms with Crippen LogP contribution >= 0.6 is 0 Å². The number of unbranched alkanes of at least 4 members (excludes halogenated alkanes) is 2. The number of fused-ring (bicyclic) bond motifs is 2. The summed E-state index contributed by atoms with van der Waals surface area (Å²) in [6, 6.07) is 0. The first-order valence-electron chi connectivity index (χ1n) is 12.8. The molecule has 0 aromatic carbocycles. The van der Waals surface area contributed by atoms with Crippen LogP contribution in [0, 0.1) is 17.3 Å². The highest BCUT2D eigenvalue weighted by Gasteiger charge is 2.63. The summed E-state index contributed by atoms with van der Waals surface area (Å²) in [5.74, 6) is 2.98. The van der Waals surface area contributed by atoms with Gasteiger partial charge in [-0.3, -0.25) is 0 Å². The molecule has 0 amide bonds. The summed E-state index contributed by atoms with van der Waals surface area (Å²) >= 11 is 0. The largest absolute Gasteiger partial charge is 0.498 e. The molecule has 0 bridgehead atoms. The van der Waals surface area contributed by atoms with Gasteiger partial charge in [0.2, 0.25) is 0 Å². The molecule has 3 aliphatic carbocycles. The van der Waals surface area contributed by atoms with E-state index in [0.29, 0.717) is 5.41 Å². The number of ether oxygens (including phenoxy) is 1. The molecule has 1 heteroatoms. The molecule has 0 saturated heterocycles. The van der Waals surface area contributed by atoms with Crippen LogP contribution in [-0.2, 0) is 4.74 Å². The van der Waals surface area contributed by atoms with Gasteiger partial charge in [0.25, 0.3) is 0 Å². The third kappa shape index (κ3) is 5.67. The molecular formula is C27H50O. The van der Waals surface area contributed by atoms with Crippen LogP contribution in [0.5, 0.6) is 0 Å². The second kappa shape index (κ2) is 13.5. The number of hydrogen-bond acceptors (Lipinski definition) is 1. The molecular weight excluding hydrogens is 340 g/mol. The van der Waals surface area contributed by atoms with Crippen molar-refractivity contribution in [1.82, 2.24) is 0 Å². The number of allylic oxidation sites excluding steroid dienone is 4. The van der Waals surface area contributed by atoms with E-state index in [4.69, 9.17) is 4.74 Å². The monoisotopic (exact) mass is 390 g/mol. The summed E-state index contributed by atoms with van der Waals surface area (Å²) in [5.41, 5.74) is 4.06. The van der Waals surface area contributed by atoms with Crippen molar-refractivity contribution in [3.63, 3.8) is 0 Å². The fourth-order valence-electron chi connectivity index (χ4n) is 5.60. The summed E-state index contributed by atoms with van der Waals surface area (Å²) in [7, 11) is 0. The fourth-order valence-corrected chi connectivity index (χ4v) is 5.60. The van der Waals surface area contributed by atoms with Crippen LogP contribution in [0.15, 0.2) is 23.0 Å². The molecule has 28 heavy (non-hydrogen) atoms. The summed E-state index contributed by atoms with van der Waals surface area (Å²) in [6.07, 6.45) is 18.6. The van der Waals surface area contributed by atoms with Gasteiger partial charge in [-0.15, -0.1) is 0 Å². The van der Waals surface area contributed by atoms with Crippen molar-refractivity contribution < 1.29 is 4.74 Å². The molecule has 164 valence electrons. The Morgan fingerprint density at radius 1 is 0.929 bits per heavy atom. The molecule has 3 aliphatic rings. The van der Waals surface area contributed by atoms with E-state index in [2.05, 4.69) is 26.8 Å². The van der Waals surface area contributed by atoms with E-state index in [1.165, 1.54) is 82.8 Å². The molecule has 0 aliphatic heterocycles. The molecule has 0 spiro atoms. The summed E-state index contributed by atoms with van der Waals surface area (Å²) in [4.78, 5) is 0. The Labute approximate surface area is 177 Å². The van der Waals surface area contributed by atoms with E-state index >= 15 is 0 Å².